The second kappa shape index (κ2) is 4.45. The quantitative estimate of drug-likeness (QED) is 0.747. The number of hydrogen-bond acceptors (Lipinski definition) is 2. The maximum atomic E-state index is 12.9. The Kier molecular flexibility index (Phi) is 3.25. The van der Waals surface area contributed by atoms with Crippen LogP contribution in [0.15, 0.2) is 24.3 Å². The molecule has 0 aromatic heterocycles. The highest BCUT2D eigenvalue weighted by atomic mass is 19.1. The van der Waals surface area contributed by atoms with E-state index >= 15 is 0 Å². The van der Waals surface area contributed by atoms with Crippen molar-refractivity contribution < 1.29 is 14.3 Å². The fraction of sp³-hybridized carbons (Fsp3) is 0.222. The molecule has 0 spiro atoms. The predicted molar refractivity (Wildman–Crippen MR) is 47.1 cm³/mol. The van der Waals surface area contributed by atoms with Crippen LogP contribution in [0.2, 0.25) is 0 Å². The van der Waals surface area contributed by atoms with Gasteiger partial charge in [-0.1, -0.05) is 12.1 Å². The highest BCUT2D eigenvalue weighted by molar-refractivity contribution is 5.67. The standard InChI is InChI=1S/C9H10FNO2/c10-7-3-1-2-4-8(7)11-6-5-9(12)13/h1-4,11H,5-6H2,(H,12,13). The molecule has 4 heteroatoms. The van der Waals surface area contributed by atoms with Gasteiger partial charge >= 0.3 is 5.97 Å². The molecule has 3 nitrogen and oxygen atoms in total. The second-order valence-corrected chi connectivity index (χ2v) is 2.55. The van der Waals surface area contributed by atoms with E-state index in [1.807, 2.05) is 0 Å². The summed E-state index contributed by atoms with van der Waals surface area (Å²) in [5, 5.41) is 11.0. The molecule has 13 heavy (non-hydrogen) atoms. The van der Waals surface area contributed by atoms with Crippen LogP contribution in [0.1, 0.15) is 6.42 Å². The van der Waals surface area contributed by atoms with Crippen molar-refractivity contribution >= 4 is 11.7 Å². The summed E-state index contributed by atoms with van der Waals surface area (Å²) in [5.74, 6) is -1.27. The Labute approximate surface area is 75.2 Å². The van der Waals surface area contributed by atoms with Crippen LogP contribution in [0.25, 0.3) is 0 Å². The van der Waals surface area contributed by atoms with Crippen molar-refractivity contribution in [1.82, 2.24) is 0 Å². The van der Waals surface area contributed by atoms with Crippen LogP contribution in [0.3, 0.4) is 0 Å². The third kappa shape index (κ3) is 3.11. The molecule has 0 aliphatic heterocycles. The highest BCUT2D eigenvalue weighted by Crippen LogP contribution is 2.11. The van der Waals surface area contributed by atoms with Crippen molar-refractivity contribution in [2.45, 2.75) is 6.42 Å². The summed E-state index contributed by atoms with van der Waals surface area (Å²) < 4.78 is 12.9. The van der Waals surface area contributed by atoms with Crippen LogP contribution in [0.4, 0.5) is 10.1 Å². The average Bonchev–Trinajstić information content (AvgIpc) is 2.08. The largest absolute Gasteiger partial charge is 0.481 e. The molecular weight excluding hydrogens is 173 g/mol. The summed E-state index contributed by atoms with van der Waals surface area (Å²) in [5.41, 5.74) is 0.337. The summed E-state index contributed by atoms with van der Waals surface area (Å²) in [4.78, 5) is 10.1. The molecule has 0 saturated carbocycles. The lowest BCUT2D eigenvalue weighted by Crippen LogP contribution is -2.08. The zero-order valence-corrected chi connectivity index (χ0v) is 6.96. The molecule has 1 aromatic carbocycles. The first kappa shape index (κ1) is 9.51. The zero-order chi connectivity index (χ0) is 9.68. The minimum atomic E-state index is -0.899. The Hall–Kier alpha value is -1.58. The Bertz CT molecular complexity index is 301. The molecule has 1 aromatic rings. The Morgan fingerprint density at radius 1 is 1.46 bits per heavy atom. The van der Waals surface area contributed by atoms with Crippen molar-refractivity contribution in [1.29, 1.82) is 0 Å². The molecule has 0 amide bonds. The minimum Gasteiger partial charge on any atom is -0.481 e. The Morgan fingerprint density at radius 3 is 2.77 bits per heavy atom. The number of rotatable bonds is 4. The number of benzene rings is 1. The first-order valence-corrected chi connectivity index (χ1v) is 3.90. The summed E-state index contributed by atoms with van der Waals surface area (Å²) >= 11 is 0. The molecule has 0 atom stereocenters. The molecule has 0 heterocycles. The van der Waals surface area contributed by atoms with Crippen molar-refractivity contribution in [3.8, 4) is 0 Å². The van der Waals surface area contributed by atoms with E-state index in [4.69, 9.17) is 5.11 Å². The lowest BCUT2D eigenvalue weighted by molar-refractivity contribution is -0.136. The lowest BCUT2D eigenvalue weighted by Gasteiger charge is -2.04. The molecule has 0 fully saturated rings. The minimum absolute atomic E-state index is 0.0195. The van der Waals surface area contributed by atoms with Gasteiger partial charge in [0.05, 0.1) is 12.1 Å². The van der Waals surface area contributed by atoms with Gasteiger partial charge in [0.1, 0.15) is 5.82 Å². The van der Waals surface area contributed by atoms with Crippen molar-refractivity contribution in [2.24, 2.45) is 0 Å². The zero-order valence-electron chi connectivity index (χ0n) is 6.96. The number of anilines is 1. The van der Waals surface area contributed by atoms with E-state index in [1.54, 1.807) is 18.2 Å². The van der Waals surface area contributed by atoms with E-state index < -0.39 is 5.97 Å². The second-order valence-electron chi connectivity index (χ2n) is 2.55. The fourth-order valence-electron chi connectivity index (χ4n) is 0.909. The first-order chi connectivity index (χ1) is 6.20. The number of carbonyl (C=O) groups is 1. The summed E-state index contributed by atoms with van der Waals surface area (Å²) in [6.45, 7) is 0.232. The number of carboxylic acid groups (broad SMARTS) is 1. The maximum absolute atomic E-state index is 12.9. The monoisotopic (exact) mass is 183 g/mol. The van der Waals surface area contributed by atoms with Gasteiger partial charge in [0.15, 0.2) is 0 Å². The van der Waals surface area contributed by atoms with Gasteiger partial charge in [0.25, 0.3) is 0 Å². The average molecular weight is 183 g/mol. The molecule has 0 radical (unpaired) electrons. The molecule has 70 valence electrons. The van der Waals surface area contributed by atoms with E-state index in [9.17, 15) is 9.18 Å². The summed E-state index contributed by atoms with van der Waals surface area (Å²) in [7, 11) is 0. The van der Waals surface area contributed by atoms with Crippen LogP contribution in [0, 0.1) is 5.82 Å². The van der Waals surface area contributed by atoms with Gasteiger partial charge in [-0.3, -0.25) is 4.79 Å². The van der Waals surface area contributed by atoms with Crippen LogP contribution in [-0.4, -0.2) is 17.6 Å². The van der Waals surface area contributed by atoms with Crippen LogP contribution in [-0.2, 0) is 4.79 Å². The molecule has 0 saturated heterocycles. The van der Waals surface area contributed by atoms with Gasteiger partial charge in [0, 0.05) is 6.54 Å². The fourth-order valence-corrected chi connectivity index (χ4v) is 0.909. The number of nitrogens with one attached hydrogen (secondary N) is 1. The highest BCUT2D eigenvalue weighted by Gasteiger charge is 2.00. The van der Waals surface area contributed by atoms with Crippen molar-refractivity contribution in [3.63, 3.8) is 0 Å². The Morgan fingerprint density at radius 2 is 2.15 bits per heavy atom. The predicted octanol–water partition coefficient (Wildman–Crippen LogP) is 1.71. The van der Waals surface area contributed by atoms with Crippen molar-refractivity contribution in [3.05, 3.63) is 30.1 Å². The molecule has 0 aliphatic rings. The lowest BCUT2D eigenvalue weighted by atomic mass is 10.3. The third-order valence-corrected chi connectivity index (χ3v) is 1.53. The van der Waals surface area contributed by atoms with E-state index in [2.05, 4.69) is 5.32 Å². The number of carboxylic acids is 1. The van der Waals surface area contributed by atoms with Gasteiger partial charge in [0.2, 0.25) is 0 Å². The molecule has 0 aliphatic carbocycles. The van der Waals surface area contributed by atoms with E-state index in [1.165, 1.54) is 6.07 Å². The third-order valence-electron chi connectivity index (χ3n) is 1.53. The van der Waals surface area contributed by atoms with E-state index in [0.717, 1.165) is 0 Å². The first-order valence-electron chi connectivity index (χ1n) is 3.90. The normalized spacial score (nSPS) is 9.62. The van der Waals surface area contributed by atoms with E-state index in [0.29, 0.717) is 5.69 Å². The van der Waals surface area contributed by atoms with Gasteiger partial charge in [-0.25, -0.2) is 4.39 Å². The molecule has 2 N–H and O–H groups in total. The van der Waals surface area contributed by atoms with E-state index in [-0.39, 0.29) is 18.8 Å². The van der Waals surface area contributed by atoms with Gasteiger partial charge < -0.3 is 10.4 Å². The topological polar surface area (TPSA) is 49.3 Å². The van der Waals surface area contributed by atoms with Gasteiger partial charge in [-0.15, -0.1) is 0 Å². The molecule has 1 rings (SSSR count). The van der Waals surface area contributed by atoms with Gasteiger partial charge in [-0.2, -0.15) is 0 Å². The molecular formula is C9H10FNO2. The maximum Gasteiger partial charge on any atom is 0.305 e. The van der Waals surface area contributed by atoms with Crippen LogP contribution >= 0.6 is 0 Å². The number of aliphatic carboxylic acids is 1. The van der Waals surface area contributed by atoms with Crippen LogP contribution < -0.4 is 5.32 Å². The number of para-hydroxylation sites is 1. The molecule has 0 bridgehead atoms. The number of hydrogen-bond donors (Lipinski definition) is 2. The number of halogens is 1. The summed E-state index contributed by atoms with van der Waals surface area (Å²) in [6, 6.07) is 6.16. The summed E-state index contributed by atoms with van der Waals surface area (Å²) in [6.07, 6.45) is -0.0195. The van der Waals surface area contributed by atoms with Crippen molar-refractivity contribution in [2.75, 3.05) is 11.9 Å². The SMILES string of the molecule is O=C(O)CCNc1ccccc1F. The Balaban J connectivity index is 2.45. The van der Waals surface area contributed by atoms with Gasteiger partial charge in [-0.05, 0) is 12.1 Å². The van der Waals surface area contributed by atoms with Crippen LogP contribution in [0.5, 0.6) is 0 Å². The molecule has 0 unspecified atom stereocenters. The smallest absolute Gasteiger partial charge is 0.305 e.